The maximum absolute atomic E-state index is 11.5. The van der Waals surface area contributed by atoms with Gasteiger partial charge in [0, 0.05) is 29.6 Å². The summed E-state index contributed by atoms with van der Waals surface area (Å²) in [7, 11) is 0. The summed E-state index contributed by atoms with van der Waals surface area (Å²) in [6.45, 7) is 3.50. The Bertz CT molecular complexity index is 433. The van der Waals surface area contributed by atoms with Crippen LogP contribution in [0.3, 0.4) is 0 Å². The smallest absolute Gasteiger partial charge is 0.330 e. The molecule has 0 spiro atoms. The van der Waals surface area contributed by atoms with Gasteiger partial charge in [-0.25, -0.2) is 4.79 Å². The van der Waals surface area contributed by atoms with Crippen molar-refractivity contribution >= 4 is 17.6 Å². The van der Waals surface area contributed by atoms with Crippen molar-refractivity contribution in [2.24, 2.45) is 0 Å². The van der Waals surface area contributed by atoms with Crippen molar-refractivity contribution in [2.45, 2.75) is 113 Å². The van der Waals surface area contributed by atoms with Crippen LogP contribution in [-0.4, -0.2) is 40.5 Å². The van der Waals surface area contributed by atoms with Gasteiger partial charge in [-0.05, 0) is 64.2 Å². The van der Waals surface area contributed by atoms with Crippen molar-refractivity contribution < 1.29 is 9.53 Å². The molecule has 0 radical (unpaired) electrons. The van der Waals surface area contributed by atoms with Gasteiger partial charge in [0.1, 0.15) is 6.10 Å². The monoisotopic (exact) mass is 367 g/mol. The molecule has 0 aromatic carbocycles. The first kappa shape index (κ1) is 19.2. The highest BCUT2D eigenvalue weighted by Gasteiger charge is 2.37. The molecule has 0 aliphatic heterocycles. The molecule has 3 saturated carbocycles. The second kappa shape index (κ2) is 9.41. The molecule has 142 valence electrons. The normalized spacial score (nSPS) is 34.6. The van der Waals surface area contributed by atoms with E-state index < -0.39 is 0 Å². The van der Waals surface area contributed by atoms with Crippen LogP contribution in [-0.2, 0) is 9.53 Å². The topological polar surface area (TPSA) is 29.5 Å². The number of nitrogens with zero attached hydrogens (tertiary/aromatic N) is 1. The largest absolute Gasteiger partial charge is 0.459 e. The first-order valence-electron chi connectivity index (χ1n) is 10.4. The van der Waals surface area contributed by atoms with Crippen LogP contribution >= 0.6 is 11.6 Å². The number of ether oxygens (including phenoxy) is 1. The Morgan fingerprint density at radius 3 is 1.92 bits per heavy atom. The summed E-state index contributed by atoms with van der Waals surface area (Å²) in [5.74, 6) is -0.270. The van der Waals surface area contributed by atoms with Gasteiger partial charge >= 0.3 is 5.97 Å². The third-order valence-electron chi connectivity index (χ3n) is 6.56. The number of carbonyl (C=O) groups excluding carboxylic acids is 1. The Balaban J connectivity index is 1.61. The molecule has 3 aliphatic carbocycles. The minimum atomic E-state index is -0.270. The molecular weight excluding hydrogens is 334 g/mol. The van der Waals surface area contributed by atoms with Crippen LogP contribution in [0.1, 0.15) is 83.5 Å². The summed E-state index contributed by atoms with van der Waals surface area (Å²) in [6, 6.07) is 2.15. The van der Waals surface area contributed by atoms with E-state index in [9.17, 15) is 4.79 Å². The summed E-state index contributed by atoms with van der Waals surface area (Å²) in [4.78, 5) is 14.4. The maximum Gasteiger partial charge on any atom is 0.330 e. The van der Waals surface area contributed by atoms with E-state index in [1.54, 1.807) is 0 Å². The summed E-state index contributed by atoms with van der Waals surface area (Å²) in [5.41, 5.74) is 0. The van der Waals surface area contributed by atoms with Crippen LogP contribution < -0.4 is 0 Å². The lowest BCUT2D eigenvalue weighted by Gasteiger charge is -2.48. The van der Waals surface area contributed by atoms with E-state index in [4.69, 9.17) is 16.3 Å². The lowest BCUT2D eigenvalue weighted by atomic mass is 9.83. The molecule has 0 atom stereocenters. The zero-order valence-corrected chi connectivity index (χ0v) is 16.3. The molecule has 0 aromatic heterocycles. The van der Waals surface area contributed by atoms with Crippen molar-refractivity contribution in [3.63, 3.8) is 0 Å². The van der Waals surface area contributed by atoms with Gasteiger partial charge < -0.3 is 4.74 Å². The lowest BCUT2D eigenvalue weighted by Crippen LogP contribution is -2.52. The van der Waals surface area contributed by atoms with Crippen LogP contribution in [0.4, 0.5) is 0 Å². The minimum Gasteiger partial charge on any atom is -0.459 e. The van der Waals surface area contributed by atoms with Gasteiger partial charge in [0.25, 0.3) is 0 Å². The molecule has 3 fully saturated rings. The molecular formula is C21H34ClNO2. The Hall–Kier alpha value is -0.540. The fourth-order valence-corrected chi connectivity index (χ4v) is 5.53. The highest BCUT2D eigenvalue weighted by Crippen LogP contribution is 2.37. The fourth-order valence-electron chi connectivity index (χ4n) is 5.28. The molecule has 0 N–H and O–H groups in total. The molecule has 3 aliphatic rings. The second-order valence-corrected chi connectivity index (χ2v) is 8.83. The number of hydrogen-bond donors (Lipinski definition) is 0. The Morgan fingerprint density at radius 1 is 0.840 bits per heavy atom. The molecule has 0 bridgehead atoms. The van der Waals surface area contributed by atoms with Gasteiger partial charge in [-0.15, -0.1) is 11.6 Å². The molecule has 0 amide bonds. The van der Waals surface area contributed by atoms with E-state index in [0.29, 0.717) is 11.4 Å². The Kier molecular flexibility index (Phi) is 7.24. The Morgan fingerprint density at radius 2 is 1.36 bits per heavy atom. The quantitative estimate of drug-likeness (QED) is 0.379. The van der Waals surface area contributed by atoms with Crippen molar-refractivity contribution in [2.75, 3.05) is 0 Å². The highest BCUT2D eigenvalue weighted by atomic mass is 35.5. The number of alkyl halides is 1. The van der Waals surface area contributed by atoms with Gasteiger partial charge in [-0.3, -0.25) is 4.90 Å². The Labute approximate surface area is 158 Å². The third kappa shape index (κ3) is 5.23. The highest BCUT2D eigenvalue weighted by molar-refractivity contribution is 6.20. The van der Waals surface area contributed by atoms with E-state index in [0.717, 1.165) is 37.8 Å². The molecule has 3 nitrogen and oxygen atoms in total. The average molecular weight is 368 g/mol. The molecule has 0 heterocycles. The zero-order chi connectivity index (χ0) is 17.6. The zero-order valence-electron chi connectivity index (χ0n) is 15.5. The van der Waals surface area contributed by atoms with E-state index in [1.807, 2.05) is 0 Å². The van der Waals surface area contributed by atoms with Crippen molar-refractivity contribution in [1.82, 2.24) is 4.90 Å². The molecule has 0 unspecified atom stereocenters. The van der Waals surface area contributed by atoms with Crippen molar-refractivity contribution in [3.05, 3.63) is 12.7 Å². The van der Waals surface area contributed by atoms with Gasteiger partial charge in [0.2, 0.25) is 0 Å². The predicted molar refractivity (Wildman–Crippen MR) is 103 cm³/mol. The molecule has 0 aromatic rings. The van der Waals surface area contributed by atoms with E-state index in [-0.39, 0.29) is 12.1 Å². The van der Waals surface area contributed by atoms with Gasteiger partial charge in [0.15, 0.2) is 0 Å². The lowest BCUT2D eigenvalue weighted by molar-refractivity contribution is -0.145. The summed E-state index contributed by atoms with van der Waals surface area (Å²) in [5, 5.41) is 0.388. The maximum atomic E-state index is 11.5. The molecule has 25 heavy (non-hydrogen) atoms. The van der Waals surface area contributed by atoms with Crippen LogP contribution in [0.15, 0.2) is 12.7 Å². The first-order chi connectivity index (χ1) is 12.2. The average Bonchev–Trinajstić information content (AvgIpc) is 2.66. The molecule has 4 heteroatoms. The van der Waals surface area contributed by atoms with Crippen LogP contribution in [0.5, 0.6) is 0 Å². The van der Waals surface area contributed by atoms with E-state index in [1.165, 1.54) is 63.9 Å². The number of hydrogen-bond acceptors (Lipinski definition) is 3. The minimum absolute atomic E-state index is 0.0912. The molecule has 0 saturated heterocycles. The summed E-state index contributed by atoms with van der Waals surface area (Å²) < 4.78 is 5.48. The second-order valence-electron chi connectivity index (χ2n) is 8.22. The van der Waals surface area contributed by atoms with Crippen molar-refractivity contribution in [3.8, 4) is 0 Å². The summed E-state index contributed by atoms with van der Waals surface area (Å²) >= 11 is 6.36. The number of esters is 1. The van der Waals surface area contributed by atoms with E-state index >= 15 is 0 Å². The van der Waals surface area contributed by atoms with Crippen LogP contribution in [0, 0.1) is 0 Å². The van der Waals surface area contributed by atoms with Gasteiger partial charge in [-0.2, -0.15) is 0 Å². The van der Waals surface area contributed by atoms with Crippen LogP contribution in [0.25, 0.3) is 0 Å². The fraction of sp³-hybridized carbons (Fsp3) is 0.857. The van der Waals surface area contributed by atoms with Crippen molar-refractivity contribution in [1.29, 1.82) is 0 Å². The predicted octanol–water partition coefficient (Wildman–Crippen LogP) is 5.21. The number of halogens is 1. The van der Waals surface area contributed by atoms with Gasteiger partial charge in [-0.1, -0.05) is 25.8 Å². The van der Waals surface area contributed by atoms with Gasteiger partial charge in [0.05, 0.1) is 0 Å². The SMILES string of the molecule is C=CC(=O)OC1CCC(N(C2CCCCC2)C2CCC(Cl)CC2)CC1. The number of carbonyl (C=O) groups is 1. The first-order valence-corrected chi connectivity index (χ1v) is 10.9. The standard InChI is InChI=1S/C21H34ClNO2/c1-2-21(24)25-20-14-12-19(13-15-20)23(17-6-4-3-5-7-17)18-10-8-16(22)9-11-18/h2,16-20H,1,3-15H2. The van der Waals surface area contributed by atoms with Crippen LogP contribution in [0.2, 0.25) is 0 Å². The van der Waals surface area contributed by atoms with E-state index in [2.05, 4.69) is 11.5 Å². The summed E-state index contributed by atoms with van der Waals surface area (Å²) in [6.07, 6.45) is 17.5. The number of rotatable bonds is 5. The third-order valence-corrected chi connectivity index (χ3v) is 7.00. The molecule has 3 rings (SSSR count).